The average molecular weight is 426 g/mol. The topological polar surface area (TPSA) is 61.8 Å². The first-order valence-corrected chi connectivity index (χ1v) is 7.81. The van der Waals surface area contributed by atoms with Gasteiger partial charge >= 0.3 is 11.9 Å². The molecule has 0 unspecified atom stereocenters. The number of benzene rings is 2. The predicted octanol–water partition coefficient (Wildman–Crippen LogP) is 3.44. The highest BCUT2D eigenvalue weighted by atomic mass is 127. The van der Waals surface area contributed by atoms with Gasteiger partial charge in [-0.1, -0.05) is 6.07 Å². The van der Waals surface area contributed by atoms with Gasteiger partial charge in [-0.15, -0.1) is 0 Å². The summed E-state index contributed by atoms with van der Waals surface area (Å²) in [6.45, 7) is 0.358. The van der Waals surface area contributed by atoms with Gasteiger partial charge in [0, 0.05) is 9.13 Å². The number of rotatable bonds is 5. The normalized spacial score (nSPS) is 10.0. The lowest BCUT2D eigenvalue weighted by Gasteiger charge is -2.09. The fourth-order valence-electron chi connectivity index (χ4n) is 1.88. The van der Waals surface area contributed by atoms with Gasteiger partial charge in [-0.2, -0.15) is 0 Å². The molecule has 0 aliphatic carbocycles. The Hall–Kier alpha value is -2.09. The number of halogens is 1. The van der Waals surface area contributed by atoms with E-state index in [9.17, 15) is 9.59 Å². The highest BCUT2D eigenvalue weighted by Gasteiger charge is 2.09. The van der Waals surface area contributed by atoms with Crippen LogP contribution in [0, 0.1) is 3.57 Å². The predicted molar refractivity (Wildman–Crippen MR) is 92.6 cm³/mol. The smallest absolute Gasteiger partial charge is 0.337 e. The molecule has 0 aliphatic heterocycles. The molecule has 120 valence electrons. The van der Waals surface area contributed by atoms with E-state index in [2.05, 4.69) is 32.1 Å². The van der Waals surface area contributed by atoms with Crippen LogP contribution in [0.15, 0.2) is 42.5 Å². The van der Waals surface area contributed by atoms with Gasteiger partial charge in [-0.25, -0.2) is 9.59 Å². The summed E-state index contributed by atoms with van der Waals surface area (Å²) in [5.74, 6) is -0.108. The van der Waals surface area contributed by atoms with E-state index in [1.54, 1.807) is 36.4 Å². The van der Waals surface area contributed by atoms with Crippen LogP contribution in [-0.4, -0.2) is 26.2 Å². The molecule has 0 fully saturated rings. The van der Waals surface area contributed by atoms with Crippen molar-refractivity contribution in [1.82, 2.24) is 0 Å². The largest absolute Gasteiger partial charge is 0.489 e. The number of carbonyl (C=O) groups excluding carboxylic acids is 2. The maximum absolute atomic E-state index is 11.5. The molecule has 2 aromatic rings. The molecule has 0 saturated carbocycles. The van der Waals surface area contributed by atoms with Gasteiger partial charge in [0.15, 0.2) is 0 Å². The minimum absolute atomic E-state index is 0.358. The fraction of sp³-hybridized carbons (Fsp3) is 0.176. The summed E-state index contributed by atoms with van der Waals surface area (Å²) in [6, 6.07) is 12.0. The molecule has 2 aromatic carbocycles. The molecule has 2 rings (SSSR count). The van der Waals surface area contributed by atoms with E-state index in [1.807, 2.05) is 6.07 Å². The molecule has 0 aliphatic rings. The van der Waals surface area contributed by atoms with Crippen molar-refractivity contribution in [3.8, 4) is 5.75 Å². The van der Waals surface area contributed by atoms with Crippen LogP contribution in [0.1, 0.15) is 26.3 Å². The maximum Gasteiger partial charge on any atom is 0.337 e. The first kappa shape index (κ1) is 17.3. The Bertz CT molecular complexity index is 709. The molecular formula is C17H15IO5. The summed E-state index contributed by atoms with van der Waals surface area (Å²) in [5, 5.41) is 0. The Morgan fingerprint density at radius 2 is 1.48 bits per heavy atom. The number of hydrogen-bond acceptors (Lipinski definition) is 5. The minimum atomic E-state index is -0.385. The molecule has 0 spiro atoms. The van der Waals surface area contributed by atoms with Crippen LogP contribution < -0.4 is 4.74 Å². The molecular weight excluding hydrogens is 411 g/mol. The summed E-state index contributed by atoms with van der Waals surface area (Å²) in [7, 11) is 2.69. The van der Waals surface area contributed by atoms with Crippen LogP contribution >= 0.6 is 22.6 Å². The zero-order valence-electron chi connectivity index (χ0n) is 12.7. The van der Waals surface area contributed by atoms with Gasteiger partial charge in [0.1, 0.15) is 12.4 Å². The lowest BCUT2D eigenvalue weighted by atomic mass is 10.1. The quantitative estimate of drug-likeness (QED) is 0.542. The molecule has 0 aromatic heterocycles. The van der Waals surface area contributed by atoms with Gasteiger partial charge in [0.25, 0.3) is 0 Å². The number of hydrogen-bond donors (Lipinski definition) is 0. The van der Waals surface area contributed by atoms with E-state index < -0.39 is 0 Å². The minimum Gasteiger partial charge on any atom is -0.489 e. The zero-order chi connectivity index (χ0) is 16.8. The molecule has 0 heterocycles. The molecule has 5 nitrogen and oxygen atoms in total. The van der Waals surface area contributed by atoms with Gasteiger partial charge in [-0.3, -0.25) is 0 Å². The second-order valence-corrected chi connectivity index (χ2v) is 5.76. The van der Waals surface area contributed by atoms with Gasteiger partial charge in [0.2, 0.25) is 0 Å². The van der Waals surface area contributed by atoms with Crippen molar-refractivity contribution in [2.75, 3.05) is 14.2 Å². The van der Waals surface area contributed by atoms with Crippen LogP contribution in [0.3, 0.4) is 0 Å². The van der Waals surface area contributed by atoms with Crippen LogP contribution in [0.2, 0.25) is 0 Å². The van der Waals surface area contributed by atoms with Crippen LogP contribution in [0.4, 0.5) is 0 Å². The van der Waals surface area contributed by atoms with E-state index in [0.29, 0.717) is 23.5 Å². The average Bonchev–Trinajstić information content (AvgIpc) is 2.59. The molecule has 0 bridgehead atoms. The Balaban J connectivity index is 2.03. The van der Waals surface area contributed by atoms with Crippen molar-refractivity contribution < 1.29 is 23.8 Å². The van der Waals surface area contributed by atoms with Gasteiger partial charge < -0.3 is 14.2 Å². The number of esters is 2. The number of methoxy groups -OCH3 is 2. The lowest BCUT2D eigenvalue weighted by Crippen LogP contribution is -2.04. The fourth-order valence-corrected chi connectivity index (χ4v) is 2.55. The van der Waals surface area contributed by atoms with Crippen molar-refractivity contribution in [3.63, 3.8) is 0 Å². The highest BCUT2D eigenvalue weighted by Crippen LogP contribution is 2.19. The van der Waals surface area contributed by atoms with E-state index >= 15 is 0 Å². The summed E-state index contributed by atoms with van der Waals surface area (Å²) in [5.41, 5.74) is 1.93. The molecule has 0 amide bonds. The Morgan fingerprint density at radius 3 is 2.04 bits per heavy atom. The van der Waals surface area contributed by atoms with E-state index in [0.717, 1.165) is 9.13 Å². The molecule has 0 radical (unpaired) electrons. The summed E-state index contributed by atoms with van der Waals surface area (Å²) < 4.78 is 15.9. The monoisotopic (exact) mass is 426 g/mol. The van der Waals surface area contributed by atoms with Gasteiger partial charge in [0.05, 0.1) is 25.3 Å². The van der Waals surface area contributed by atoms with Crippen molar-refractivity contribution >= 4 is 34.5 Å². The van der Waals surface area contributed by atoms with Crippen molar-refractivity contribution in [1.29, 1.82) is 0 Å². The molecule has 0 N–H and O–H groups in total. The molecule has 6 heteroatoms. The first-order valence-electron chi connectivity index (χ1n) is 6.73. The SMILES string of the molecule is COC(=O)c1ccc(OCc2ccc(C(=O)OC)cc2I)cc1. The van der Waals surface area contributed by atoms with Crippen molar-refractivity contribution in [2.24, 2.45) is 0 Å². The van der Waals surface area contributed by atoms with Crippen LogP contribution in [0.25, 0.3) is 0 Å². The summed E-state index contributed by atoms with van der Waals surface area (Å²) in [4.78, 5) is 22.8. The van der Waals surface area contributed by atoms with Crippen LogP contribution in [-0.2, 0) is 16.1 Å². The van der Waals surface area contributed by atoms with E-state index in [1.165, 1.54) is 14.2 Å². The zero-order valence-corrected chi connectivity index (χ0v) is 14.8. The van der Waals surface area contributed by atoms with Crippen LogP contribution in [0.5, 0.6) is 5.75 Å². The Morgan fingerprint density at radius 1 is 0.913 bits per heavy atom. The number of ether oxygens (including phenoxy) is 3. The van der Waals surface area contributed by atoms with Crippen molar-refractivity contribution in [3.05, 3.63) is 62.7 Å². The summed E-state index contributed by atoms with van der Waals surface area (Å²) >= 11 is 2.15. The third kappa shape index (κ3) is 4.44. The van der Waals surface area contributed by atoms with Crippen molar-refractivity contribution in [2.45, 2.75) is 6.61 Å². The molecule has 0 atom stereocenters. The molecule has 0 saturated heterocycles. The number of carbonyl (C=O) groups is 2. The first-order chi connectivity index (χ1) is 11.0. The summed E-state index contributed by atoms with van der Waals surface area (Å²) in [6.07, 6.45) is 0. The maximum atomic E-state index is 11.5. The lowest BCUT2D eigenvalue weighted by molar-refractivity contribution is 0.0591. The van der Waals surface area contributed by atoms with E-state index in [4.69, 9.17) is 4.74 Å². The van der Waals surface area contributed by atoms with Gasteiger partial charge in [-0.05, 0) is 59.0 Å². The third-order valence-corrected chi connectivity index (χ3v) is 4.15. The third-order valence-electron chi connectivity index (χ3n) is 3.14. The standard InChI is InChI=1S/C17H15IO5/c1-21-16(19)11-5-7-14(8-6-11)23-10-13-4-3-12(9-15(13)18)17(20)22-2/h3-9H,10H2,1-2H3. The molecule has 23 heavy (non-hydrogen) atoms. The Kier molecular flexibility index (Phi) is 5.97. The van der Waals surface area contributed by atoms with E-state index in [-0.39, 0.29) is 11.9 Å². The Labute approximate surface area is 147 Å². The second-order valence-electron chi connectivity index (χ2n) is 4.60. The highest BCUT2D eigenvalue weighted by molar-refractivity contribution is 14.1. The second kappa shape index (κ2) is 7.96.